The molecule has 14 heavy (non-hydrogen) atoms. The van der Waals surface area contributed by atoms with Gasteiger partial charge in [0.15, 0.2) is 0 Å². The highest BCUT2D eigenvalue weighted by Gasteiger charge is 2.11. The molecule has 0 aliphatic heterocycles. The van der Waals surface area contributed by atoms with Crippen molar-refractivity contribution in [1.82, 2.24) is 0 Å². The van der Waals surface area contributed by atoms with Crippen molar-refractivity contribution in [2.45, 2.75) is 13.3 Å². The van der Waals surface area contributed by atoms with Gasteiger partial charge in [-0.2, -0.15) is 0 Å². The molecule has 0 bridgehead atoms. The fourth-order valence-electron chi connectivity index (χ4n) is 1.41. The molecular formula is C10H12BrNO2. The number of hydrogen-bond acceptors (Lipinski definition) is 2. The first kappa shape index (κ1) is 11.2. The van der Waals surface area contributed by atoms with Crippen LogP contribution < -0.4 is 5.73 Å². The van der Waals surface area contributed by atoms with Gasteiger partial charge in [0.05, 0.1) is 0 Å². The smallest absolute Gasteiger partial charge is 0.248 e. The van der Waals surface area contributed by atoms with E-state index in [4.69, 9.17) is 10.8 Å². The molecule has 3 nitrogen and oxygen atoms in total. The highest BCUT2D eigenvalue weighted by molar-refractivity contribution is 9.10. The summed E-state index contributed by atoms with van der Waals surface area (Å²) >= 11 is 3.37. The first-order valence-corrected chi connectivity index (χ1v) is 5.06. The highest BCUT2D eigenvalue weighted by Crippen LogP contribution is 2.23. The average Bonchev–Trinajstić information content (AvgIpc) is 2.11. The zero-order chi connectivity index (χ0) is 10.7. The van der Waals surface area contributed by atoms with Crippen LogP contribution in [0.3, 0.4) is 0 Å². The summed E-state index contributed by atoms with van der Waals surface area (Å²) in [5.41, 5.74) is 7.49. The number of carbonyl (C=O) groups is 1. The monoisotopic (exact) mass is 257 g/mol. The molecule has 0 aromatic heterocycles. The molecule has 0 saturated carbocycles. The Morgan fingerprint density at radius 2 is 2.21 bits per heavy atom. The van der Waals surface area contributed by atoms with Crippen molar-refractivity contribution in [3.8, 4) is 0 Å². The number of halogens is 1. The van der Waals surface area contributed by atoms with E-state index in [0.717, 1.165) is 15.6 Å². The van der Waals surface area contributed by atoms with Gasteiger partial charge in [-0.15, -0.1) is 0 Å². The summed E-state index contributed by atoms with van der Waals surface area (Å²) in [6.07, 6.45) is 0.521. The molecule has 0 spiro atoms. The lowest BCUT2D eigenvalue weighted by Crippen LogP contribution is -2.14. The van der Waals surface area contributed by atoms with Gasteiger partial charge in [0.25, 0.3) is 0 Å². The first-order valence-electron chi connectivity index (χ1n) is 4.26. The molecule has 0 aliphatic rings. The molecule has 1 rings (SSSR count). The van der Waals surface area contributed by atoms with Crippen LogP contribution in [-0.4, -0.2) is 17.6 Å². The van der Waals surface area contributed by atoms with E-state index < -0.39 is 5.91 Å². The third kappa shape index (κ3) is 2.13. The number of nitrogens with two attached hydrogens (primary N) is 1. The minimum absolute atomic E-state index is 0.0572. The van der Waals surface area contributed by atoms with Gasteiger partial charge in [-0.3, -0.25) is 4.79 Å². The van der Waals surface area contributed by atoms with Gasteiger partial charge in [-0.05, 0) is 36.6 Å². The molecule has 0 radical (unpaired) electrons. The Labute approximate surface area is 91.1 Å². The van der Waals surface area contributed by atoms with Gasteiger partial charge in [-0.25, -0.2) is 0 Å². The lowest BCUT2D eigenvalue weighted by molar-refractivity contribution is 0.0999. The van der Waals surface area contributed by atoms with E-state index in [2.05, 4.69) is 15.9 Å². The van der Waals surface area contributed by atoms with Crippen LogP contribution in [0.15, 0.2) is 16.6 Å². The first-order chi connectivity index (χ1) is 6.57. The van der Waals surface area contributed by atoms with Crippen molar-refractivity contribution in [3.63, 3.8) is 0 Å². The van der Waals surface area contributed by atoms with Crippen molar-refractivity contribution >= 4 is 21.8 Å². The summed E-state index contributed by atoms with van der Waals surface area (Å²) in [5, 5.41) is 8.86. The summed E-state index contributed by atoms with van der Waals surface area (Å²) in [6.45, 7) is 1.89. The third-order valence-corrected chi connectivity index (χ3v) is 2.91. The summed E-state index contributed by atoms with van der Waals surface area (Å²) in [6, 6.07) is 3.46. The van der Waals surface area contributed by atoms with E-state index in [1.165, 1.54) is 0 Å². The Hall–Kier alpha value is -0.870. The number of aliphatic hydroxyl groups is 1. The van der Waals surface area contributed by atoms with Crippen LogP contribution in [0, 0.1) is 6.92 Å². The molecule has 1 amide bonds. The maximum Gasteiger partial charge on any atom is 0.248 e. The fraction of sp³-hybridized carbons (Fsp3) is 0.300. The predicted octanol–water partition coefficient (Wildman–Crippen LogP) is 1.39. The Kier molecular flexibility index (Phi) is 3.66. The molecule has 76 valence electrons. The minimum Gasteiger partial charge on any atom is -0.396 e. The van der Waals surface area contributed by atoms with Crippen LogP contribution in [0.2, 0.25) is 0 Å². The van der Waals surface area contributed by atoms with Gasteiger partial charge < -0.3 is 10.8 Å². The third-order valence-electron chi connectivity index (χ3n) is 2.17. The number of primary amides is 1. The van der Waals surface area contributed by atoms with E-state index in [-0.39, 0.29) is 6.61 Å². The maximum absolute atomic E-state index is 11.0. The standard InChI is InChI=1S/C10H12BrNO2/c1-6-7(4-5-13)9(11)3-2-8(6)10(12)14/h2-3,13H,4-5H2,1H3,(H2,12,14). The fourth-order valence-corrected chi connectivity index (χ4v) is 2.04. The Balaban J connectivity index is 3.26. The van der Waals surface area contributed by atoms with Gasteiger partial charge >= 0.3 is 0 Å². The molecule has 0 atom stereocenters. The quantitative estimate of drug-likeness (QED) is 0.860. The summed E-state index contributed by atoms with van der Waals surface area (Å²) < 4.78 is 0.897. The van der Waals surface area contributed by atoms with Crippen LogP contribution in [0.4, 0.5) is 0 Å². The van der Waals surface area contributed by atoms with E-state index in [1.54, 1.807) is 12.1 Å². The van der Waals surface area contributed by atoms with Gasteiger partial charge in [-0.1, -0.05) is 15.9 Å². The van der Waals surface area contributed by atoms with E-state index in [0.29, 0.717) is 12.0 Å². The molecule has 3 N–H and O–H groups in total. The van der Waals surface area contributed by atoms with E-state index >= 15 is 0 Å². The molecule has 0 unspecified atom stereocenters. The van der Waals surface area contributed by atoms with Crippen LogP contribution in [0.25, 0.3) is 0 Å². The van der Waals surface area contributed by atoms with Gasteiger partial charge in [0.1, 0.15) is 0 Å². The van der Waals surface area contributed by atoms with Crippen molar-refractivity contribution < 1.29 is 9.90 Å². The zero-order valence-corrected chi connectivity index (χ0v) is 9.47. The lowest BCUT2D eigenvalue weighted by atomic mass is 10.00. The van der Waals surface area contributed by atoms with Crippen LogP contribution in [-0.2, 0) is 6.42 Å². The number of benzene rings is 1. The van der Waals surface area contributed by atoms with Crippen LogP contribution in [0.5, 0.6) is 0 Å². The molecule has 0 fully saturated rings. The summed E-state index contributed by atoms with van der Waals surface area (Å²) in [7, 11) is 0. The summed E-state index contributed by atoms with van der Waals surface area (Å²) in [4.78, 5) is 11.0. The molecule has 1 aromatic carbocycles. The van der Waals surface area contributed by atoms with Crippen molar-refractivity contribution in [2.24, 2.45) is 5.73 Å². The number of aliphatic hydroxyl groups excluding tert-OH is 1. The highest BCUT2D eigenvalue weighted by atomic mass is 79.9. The minimum atomic E-state index is -0.436. The van der Waals surface area contributed by atoms with Crippen molar-refractivity contribution in [2.75, 3.05) is 6.61 Å². The second-order valence-electron chi connectivity index (χ2n) is 3.04. The zero-order valence-electron chi connectivity index (χ0n) is 7.88. The van der Waals surface area contributed by atoms with Crippen molar-refractivity contribution in [3.05, 3.63) is 33.3 Å². The maximum atomic E-state index is 11.0. The average molecular weight is 258 g/mol. The summed E-state index contributed by atoms with van der Waals surface area (Å²) in [5.74, 6) is -0.436. The number of hydrogen-bond donors (Lipinski definition) is 2. The Morgan fingerprint density at radius 3 is 2.71 bits per heavy atom. The SMILES string of the molecule is Cc1c(C(N)=O)ccc(Br)c1CCO. The van der Waals surface area contributed by atoms with Crippen LogP contribution >= 0.6 is 15.9 Å². The van der Waals surface area contributed by atoms with E-state index in [9.17, 15) is 4.79 Å². The molecule has 0 saturated heterocycles. The van der Waals surface area contributed by atoms with Gasteiger partial charge in [0.2, 0.25) is 5.91 Å². The van der Waals surface area contributed by atoms with Crippen molar-refractivity contribution in [1.29, 1.82) is 0 Å². The van der Waals surface area contributed by atoms with E-state index in [1.807, 2.05) is 6.92 Å². The molecule has 0 aliphatic carbocycles. The largest absolute Gasteiger partial charge is 0.396 e. The Morgan fingerprint density at radius 1 is 1.57 bits per heavy atom. The predicted molar refractivity (Wildman–Crippen MR) is 58.2 cm³/mol. The topological polar surface area (TPSA) is 63.3 Å². The molecule has 0 heterocycles. The van der Waals surface area contributed by atoms with Gasteiger partial charge in [0, 0.05) is 16.6 Å². The second kappa shape index (κ2) is 4.57. The molecule has 1 aromatic rings. The number of rotatable bonds is 3. The normalized spacial score (nSPS) is 10.2. The number of amides is 1. The van der Waals surface area contributed by atoms with Crippen LogP contribution in [0.1, 0.15) is 21.5 Å². The molecular weight excluding hydrogens is 246 g/mol. The second-order valence-corrected chi connectivity index (χ2v) is 3.89. The lowest BCUT2D eigenvalue weighted by Gasteiger charge is -2.10. The number of carbonyl (C=O) groups excluding carboxylic acids is 1. The molecule has 4 heteroatoms. The Bertz CT molecular complexity index is 363.